The summed E-state index contributed by atoms with van der Waals surface area (Å²) in [5, 5.41) is 0. The predicted molar refractivity (Wildman–Crippen MR) is 57.3 cm³/mol. The molecule has 3 nitrogen and oxygen atoms in total. The van der Waals surface area contributed by atoms with Gasteiger partial charge in [-0.05, 0) is 33.1 Å². The third kappa shape index (κ3) is 2.91. The lowest BCUT2D eigenvalue weighted by Gasteiger charge is -2.20. The number of carbonyl (C=O) groups is 2. The van der Waals surface area contributed by atoms with Gasteiger partial charge in [-0.3, -0.25) is 4.79 Å². The van der Waals surface area contributed by atoms with Crippen LogP contribution in [0.25, 0.3) is 0 Å². The van der Waals surface area contributed by atoms with E-state index in [2.05, 4.69) is 6.58 Å². The maximum Gasteiger partial charge on any atom is 0.307 e. The van der Waals surface area contributed by atoms with E-state index in [0.717, 1.165) is 12.7 Å². The Bertz CT molecular complexity index is 288. The molecule has 0 saturated heterocycles. The zero-order chi connectivity index (χ0) is 11.7. The molecule has 2 atom stereocenters. The average molecular weight is 210 g/mol. The van der Waals surface area contributed by atoms with Crippen LogP contribution in [-0.4, -0.2) is 17.9 Å². The number of allylic oxidation sites excluding steroid dienone is 1. The van der Waals surface area contributed by atoms with Crippen molar-refractivity contribution in [2.45, 2.75) is 39.2 Å². The molecule has 1 saturated carbocycles. The van der Waals surface area contributed by atoms with Gasteiger partial charge < -0.3 is 9.53 Å². The molecule has 0 radical (unpaired) electrons. The first kappa shape index (κ1) is 12.0. The van der Waals surface area contributed by atoms with Crippen molar-refractivity contribution in [2.24, 2.45) is 11.3 Å². The molecule has 0 aromatic rings. The second-order valence-corrected chi connectivity index (χ2v) is 5.16. The summed E-state index contributed by atoms with van der Waals surface area (Å²) < 4.78 is 5.18. The minimum Gasteiger partial charge on any atom is -0.460 e. The van der Waals surface area contributed by atoms with Crippen LogP contribution in [0.1, 0.15) is 33.6 Å². The van der Waals surface area contributed by atoms with Crippen LogP contribution in [0, 0.1) is 11.3 Å². The van der Waals surface area contributed by atoms with Gasteiger partial charge in [-0.25, -0.2) is 0 Å². The fraction of sp³-hybridized carbons (Fsp3) is 0.667. The summed E-state index contributed by atoms with van der Waals surface area (Å²) in [6.07, 6.45) is 3.49. The second kappa shape index (κ2) is 3.80. The molecule has 1 rings (SSSR count). The van der Waals surface area contributed by atoms with Crippen molar-refractivity contribution < 1.29 is 14.3 Å². The second-order valence-electron chi connectivity index (χ2n) is 5.16. The zero-order valence-corrected chi connectivity index (χ0v) is 9.58. The highest BCUT2D eigenvalue weighted by Gasteiger charge is 2.54. The molecule has 3 heteroatoms. The normalized spacial score (nSPS) is 29.4. The van der Waals surface area contributed by atoms with Crippen LogP contribution < -0.4 is 0 Å². The molecule has 0 amide bonds. The molecular formula is C12H18O3. The summed E-state index contributed by atoms with van der Waals surface area (Å²) >= 11 is 0. The molecule has 15 heavy (non-hydrogen) atoms. The van der Waals surface area contributed by atoms with E-state index in [1.807, 2.05) is 20.8 Å². The largest absolute Gasteiger partial charge is 0.460 e. The Balaban J connectivity index is 2.52. The van der Waals surface area contributed by atoms with E-state index < -0.39 is 11.0 Å². The van der Waals surface area contributed by atoms with Crippen molar-refractivity contribution in [3.63, 3.8) is 0 Å². The van der Waals surface area contributed by atoms with Gasteiger partial charge >= 0.3 is 5.97 Å². The number of aldehydes is 1. The minimum absolute atomic E-state index is 0.141. The number of carbonyl (C=O) groups excluding carboxylic acids is 2. The summed E-state index contributed by atoms with van der Waals surface area (Å²) in [6.45, 7) is 9.08. The lowest BCUT2D eigenvalue weighted by molar-refractivity contribution is -0.157. The van der Waals surface area contributed by atoms with Gasteiger partial charge in [0.05, 0.1) is 6.42 Å². The lowest BCUT2D eigenvalue weighted by Crippen LogP contribution is -2.26. The standard InChI is InChI=1S/C12H18O3/c1-5-9-6-12(9,8-13)7-10(14)15-11(2,3)4/h5,8-9H,1,6-7H2,2-4H3/t9-,12+/m1/s1. The lowest BCUT2D eigenvalue weighted by atomic mass is 10.0. The molecule has 0 unspecified atom stereocenters. The SMILES string of the molecule is C=C[C@@H]1C[C@@]1(C=O)CC(=O)OC(C)(C)C. The predicted octanol–water partition coefficient (Wildman–Crippen LogP) is 2.11. The Hall–Kier alpha value is -1.12. The Morgan fingerprint density at radius 3 is 2.53 bits per heavy atom. The highest BCUT2D eigenvalue weighted by atomic mass is 16.6. The van der Waals surface area contributed by atoms with Gasteiger partial charge in [0.1, 0.15) is 11.9 Å². The van der Waals surface area contributed by atoms with Crippen molar-refractivity contribution in [1.82, 2.24) is 0 Å². The van der Waals surface area contributed by atoms with Gasteiger partial charge in [0.2, 0.25) is 0 Å². The Morgan fingerprint density at radius 2 is 2.20 bits per heavy atom. The minimum atomic E-state index is -0.524. The Morgan fingerprint density at radius 1 is 1.60 bits per heavy atom. The van der Waals surface area contributed by atoms with E-state index in [9.17, 15) is 9.59 Å². The fourth-order valence-electron chi connectivity index (χ4n) is 1.70. The number of rotatable bonds is 4. The van der Waals surface area contributed by atoms with E-state index in [1.165, 1.54) is 0 Å². The first-order chi connectivity index (χ1) is 6.83. The van der Waals surface area contributed by atoms with E-state index in [0.29, 0.717) is 0 Å². The van der Waals surface area contributed by atoms with Crippen LogP contribution in [0.2, 0.25) is 0 Å². The van der Waals surface area contributed by atoms with Crippen molar-refractivity contribution >= 4 is 12.3 Å². The quantitative estimate of drug-likeness (QED) is 0.405. The van der Waals surface area contributed by atoms with Crippen LogP contribution in [0.15, 0.2) is 12.7 Å². The van der Waals surface area contributed by atoms with Gasteiger partial charge in [-0.15, -0.1) is 6.58 Å². The Labute approximate surface area is 90.5 Å². The Kier molecular flexibility index (Phi) is 3.03. The molecule has 0 aromatic carbocycles. The molecule has 0 heterocycles. The van der Waals surface area contributed by atoms with Crippen molar-refractivity contribution in [3.05, 3.63) is 12.7 Å². The average Bonchev–Trinajstić information content (AvgIpc) is 2.76. The first-order valence-corrected chi connectivity index (χ1v) is 5.14. The van der Waals surface area contributed by atoms with Gasteiger partial charge in [-0.2, -0.15) is 0 Å². The van der Waals surface area contributed by atoms with E-state index in [-0.39, 0.29) is 18.3 Å². The smallest absolute Gasteiger partial charge is 0.307 e. The third-order valence-electron chi connectivity index (χ3n) is 2.59. The highest BCUT2D eigenvalue weighted by molar-refractivity contribution is 5.79. The van der Waals surface area contributed by atoms with E-state index >= 15 is 0 Å². The number of esters is 1. The molecule has 1 fully saturated rings. The van der Waals surface area contributed by atoms with Gasteiger partial charge in [0.15, 0.2) is 0 Å². The molecule has 0 aliphatic heterocycles. The maximum absolute atomic E-state index is 11.5. The topological polar surface area (TPSA) is 43.4 Å². The summed E-state index contributed by atoms with van der Waals surface area (Å²) in [4.78, 5) is 22.4. The van der Waals surface area contributed by atoms with Crippen LogP contribution >= 0.6 is 0 Å². The number of hydrogen-bond acceptors (Lipinski definition) is 3. The van der Waals surface area contributed by atoms with Crippen LogP contribution in [0.3, 0.4) is 0 Å². The third-order valence-corrected chi connectivity index (χ3v) is 2.59. The summed E-state index contributed by atoms with van der Waals surface area (Å²) in [6, 6.07) is 0. The fourth-order valence-corrected chi connectivity index (χ4v) is 1.70. The first-order valence-electron chi connectivity index (χ1n) is 5.14. The van der Waals surface area contributed by atoms with Gasteiger partial charge in [-0.1, -0.05) is 6.08 Å². The highest BCUT2D eigenvalue weighted by Crippen LogP contribution is 2.54. The molecular weight excluding hydrogens is 192 g/mol. The molecule has 0 spiro atoms. The van der Waals surface area contributed by atoms with Gasteiger partial charge in [0.25, 0.3) is 0 Å². The van der Waals surface area contributed by atoms with Crippen LogP contribution in [-0.2, 0) is 14.3 Å². The van der Waals surface area contributed by atoms with Crippen LogP contribution in [0.5, 0.6) is 0 Å². The van der Waals surface area contributed by atoms with Crippen LogP contribution in [0.4, 0.5) is 0 Å². The summed E-state index contributed by atoms with van der Waals surface area (Å²) in [5.41, 5.74) is -1.01. The summed E-state index contributed by atoms with van der Waals surface area (Å²) in [7, 11) is 0. The molecule has 1 aliphatic rings. The summed E-state index contributed by atoms with van der Waals surface area (Å²) in [5.74, 6) is -0.165. The van der Waals surface area contributed by atoms with Crippen molar-refractivity contribution in [1.29, 1.82) is 0 Å². The zero-order valence-electron chi connectivity index (χ0n) is 9.58. The monoisotopic (exact) mass is 210 g/mol. The molecule has 0 aromatic heterocycles. The number of hydrogen-bond donors (Lipinski definition) is 0. The molecule has 1 aliphatic carbocycles. The van der Waals surface area contributed by atoms with E-state index in [4.69, 9.17) is 4.74 Å². The van der Waals surface area contributed by atoms with Gasteiger partial charge in [0, 0.05) is 5.41 Å². The maximum atomic E-state index is 11.5. The van der Waals surface area contributed by atoms with Crippen molar-refractivity contribution in [3.8, 4) is 0 Å². The molecule has 0 N–H and O–H groups in total. The molecule has 84 valence electrons. The van der Waals surface area contributed by atoms with Crippen molar-refractivity contribution in [2.75, 3.05) is 0 Å². The van der Waals surface area contributed by atoms with E-state index in [1.54, 1.807) is 6.08 Å². The number of ether oxygens (including phenoxy) is 1. The molecule has 0 bridgehead atoms.